The van der Waals surface area contributed by atoms with E-state index in [0.29, 0.717) is 0 Å². The van der Waals surface area contributed by atoms with Gasteiger partial charge in [0.1, 0.15) is 11.5 Å². The molecule has 5 heteroatoms. The van der Waals surface area contributed by atoms with Gasteiger partial charge < -0.3 is 14.5 Å². The van der Waals surface area contributed by atoms with Crippen LogP contribution in [0.3, 0.4) is 0 Å². The van der Waals surface area contributed by atoms with Gasteiger partial charge in [0.25, 0.3) is 0 Å². The van der Waals surface area contributed by atoms with E-state index < -0.39 is 0 Å². The zero-order valence-electron chi connectivity index (χ0n) is 11.9. The summed E-state index contributed by atoms with van der Waals surface area (Å²) in [4.78, 5) is 7.87. The minimum absolute atomic E-state index is 0.764. The Morgan fingerprint density at radius 2 is 1.95 bits per heavy atom. The number of nitrogens with one attached hydrogen (secondary N) is 1. The lowest BCUT2D eigenvalue weighted by Crippen LogP contribution is -1.92. The van der Waals surface area contributed by atoms with Gasteiger partial charge in [0.05, 0.1) is 25.3 Å². The summed E-state index contributed by atoms with van der Waals surface area (Å²) >= 11 is 1.65. The van der Waals surface area contributed by atoms with Gasteiger partial charge >= 0.3 is 0 Å². The summed E-state index contributed by atoms with van der Waals surface area (Å²) in [5.41, 5.74) is 3.12. The van der Waals surface area contributed by atoms with Crippen LogP contribution >= 0.6 is 11.8 Å². The van der Waals surface area contributed by atoms with E-state index in [0.717, 1.165) is 39.0 Å². The molecule has 0 amide bonds. The molecule has 1 aromatic heterocycles. The Kier molecular flexibility index (Phi) is 4.01. The largest absolute Gasteiger partial charge is 0.497 e. The summed E-state index contributed by atoms with van der Waals surface area (Å²) < 4.78 is 10.7. The van der Waals surface area contributed by atoms with Gasteiger partial charge in [0.2, 0.25) is 0 Å². The Morgan fingerprint density at radius 1 is 1.10 bits per heavy atom. The highest BCUT2D eigenvalue weighted by Crippen LogP contribution is 2.30. The molecule has 1 heterocycles. The lowest BCUT2D eigenvalue weighted by molar-refractivity contribution is 0.400. The number of imidazole rings is 1. The molecule has 0 atom stereocenters. The minimum Gasteiger partial charge on any atom is -0.497 e. The first-order valence-electron chi connectivity index (χ1n) is 6.58. The Hall–Kier alpha value is -2.14. The standard InChI is InChI=1S/C16H16N2O2S/c1-19-12-7-8-15(20-2)11(9-12)10-21-16-17-13-5-3-4-6-14(13)18-16/h3-9H,10H2,1-2H3,(H,17,18). The second-order valence-electron chi connectivity index (χ2n) is 4.53. The number of para-hydroxylation sites is 2. The third-order valence-electron chi connectivity index (χ3n) is 3.22. The molecular formula is C16H16N2O2S. The lowest BCUT2D eigenvalue weighted by Gasteiger charge is -2.09. The third kappa shape index (κ3) is 2.97. The molecule has 0 fully saturated rings. The predicted molar refractivity (Wildman–Crippen MR) is 85.2 cm³/mol. The molecule has 21 heavy (non-hydrogen) atoms. The first-order valence-corrected chi connectivity index (χ1v) is 7.57. The molecular weight excluding hydrogens is 284 g/mol. The highest BCUT2D eigenvalue weighted by atomic mass is 32.2. The van der Waals surface area contributed by atoms with Crippen LogP contribution in [-0.2, 0) is 5.75 Å². The van der Waals surface area contributed by atoms with Crippen molar-refractivity contribution in [1.29, 1.82) is 0 Å². The van der Waals surface area contributed by atoms with Crippen LogP contribution in [0.2, 0.25) is 0 Å². The molecule has 0 aliphatic carbocycles. The number of benzene rings is 2. The first kappa shape index (κ1) is 13.8. The van der Waals surface area contributed by atoms with Crippen molar-refractivity contribution < 1.29 is 9.47 Å². The van der Waals surface area contributed by atoms with E-state index in [-0.39, 0.29) is 0 Å². The lowest BCUT2D eigenvalue weighted by atomic mass is 10.2. The number of fused-ring (bicyclic) bond motifs is 1. The zero-order valence-corrected chi connectivity index (χ0v) is 12.7. The van der Waals surface area contributed by atoms with Crippen molar-refractivity contribution in [2.75, 3.05) is 14.2 Å². The number of aromatic nitrogens is 2. The van der Waals surface area contributed by atoms with Crippen LogP contribution in [0.1, 0.15) is 5.56 Å². The van der Waals surface area contributed by atoms with E-state index >= 15 is 0 Å². The number of hydrogen-bond acceptors (Lipinski definition) is 4. The van der Waals surface area contributed by atoms with Gasteiger partial charge in [-0.05, 0) is 30.3 Å². The van der Waals surface area contributed by atoms with E-state index in [1.54, 1.807) is 26.0 Å². The second kappa shape index (κ2) is 6.10. The number of ether oxygens (including phenoxy) is 2. The molecule has 2 aromatic carbocycles. The van der Waals surface area contributed by atoms with E-state index in [1.807, 2.05) is 42.5 Å². The molecule has 1 N–H and O–H groups in total. The maximum atomic E-state index is 5.39. The Balaban J connectivity index is 1.80. The third-order valence-corrected chi connectivity index (χ3v) is 4.14. The number of thioether (sulfide) groups is 1. The van der Waals surface area contributed by atoms with Crippen LogP contribution in [0.4, 0.5) is 0 Å². The average Bonchev–Trinajstić information content (AvgIpc) is 2.95. The fourth-order valence-electron chi connectivity index (χ4n) is 2.14. The van der Waals surface area contributed by atoms with Crippen molar-refractivity contribution in [3.8, 4) is 11.5 Å². The Labute approximate surface area is 127 Å². The summed E-state index contributed by atoms with van der Waals surface area (Å²) in [6.07, 6.45) is 0. The molecule has 0 aliphatic heterocycles. The minimum atomic E-state index is 0.764. The summed E-state index contributed by atoms with van der Waals surface area (Å²) in [6, 6.07) is 13.8. The molecule has 3 aromatic rings. The molecule has 108 valence electrons. The smallest absolute Gasteiger partial charge is 0.166 e. The summed E-state index contributed by atoms with van der Waals surface area (Å²) in [5, 5.41) is 0.904. The van der Waals surface area contributed by atoms with Gasteiger partial charge in [-0.25, -0.2) is 4.98 Å². The summed E-state index contributed by atoms with van der Waals surface area (Å²) in [7, 11) is 3.34. The van der Waals surface area contributed by atoms with Crippen molar-refractivity contribution in [2.45, 2.75) is 10.9 Å². The number of rotatable bonds is 5. The second-order valence-corrected chi connectivity index (χ2v) is 5.49. The van der Waals surface area contributed by atoms with Gasteiger partial charge in [0.15, 0.2) is 5.16 Å². The molecule has 3 rings (SSSR count). The van der Waals surface area contributed by atoms with Crippen molar-refractivity contribution in [3.63, 3.8) is 0 Å². The number of H-pyrrole nitrogens is 1. The van der Waals surface area contributed by atoms with Gasteiger partial charge in [0, 0.05) is 11.3 Å². The van der Waals surface area contributed by atoms with Gasteiger partial charge in [-0.3, -0.25) is 0 Å². The molecule has 0 spiro atoms. The fourth-order valence-corrected chi connectivity index (χ4v) is 3.00. The van der Waals surface area contributed by atoms with E-state index in [9.17, 15) is 0 Å². The van der Waals surface area contributed by atoms with Crippen LogP contribution in [0.15, 0.2) is 47.6 Å². The Morgan fingerprint density at radius 3 is 2.71 bits per heavy atom. The highest BCUT2D eigenvalue weighted by Gasteiger charge is 2.08. The molecule has 0 aliphatic rings. The van der Waals surface area contributed by atoms with Crippen LogP contribution in [0.5, 0.6) is 11.5 Å². The summed E-state index contributed by atoms with van der Waals surface area (Å²) in [6.45, 7) is 0. The highest BCUT2D eigenvalue weighted by molar-refractivity contribution is 7.98. The topological polar surface area (TPSA) is 47.1 Å². The van der Waals surface area contributed by atoms with Gasteiger partial charge in [-0.1, -0.05) is 23.9 Å². The van der Waals surface area contributed by atoms with Crippen LogP contribution in [0.25, 0.3) is 11.0 Å². The molecule has 4 nitrogen and oxygen atoms in total. The van der Waals surface area contributed by atoms with Gasteiger partial charge in [-0.2, -0.15) is 0 Å². The van der Waals surface area contributed by atoms with Crippen LogP contribution in [0, 0.1) is 0 Å². The number of hydrogen-bond donors (Lipinski definition) is 1. The van der Waals surface area contributed by atoms with Crippen molar-refractivity contribution in [3.05, 3.63) is 48.0 Å². The average molecular weight is 300 g/mol. The monoisotopic (exact) mass is 300 g/mol. The van der Waals surface area contributed by atoms with E-state index in [4.69, 9.17) is 9.47 Å². The zero-order chi connectivity index (χ0) is 14.7. The van der Waals surface area contributed by atoms with Crippen LogP contribution < -0.4 is 9.47 Å². The molecule has 0 bridgehead atoms. The molecule has 0 saturated carbocycles. The SMILES string of the molecule is COc1ccc(OC)c(CSc2nc3ccccc3[nH]2)c1. The number of methoxy groups -OCH3 is 2. The molecule has 0 saturated heterocycles. The predicted octanol–water partition coefficient (Wildman–Crippen LogP) is 3.87. The molecule has 0 radical (unpaired) electrons. The van der Waals surface area contributed by atoms with Crippen molar-refractivity contribution in [2.24, 2.45) is 0 Å². The number of aromatic amines is 1. The number of nitrogens with zero attached hydrogens (tertiary/aromatic N) is 1. The summed E-state index contributed by atoms with van der Waals surface area (Å²) in [5.74, 6) is 2.45. The van der Waals surface area contributed by atoms with E-state index in [2.05, 4.69) is 9.97 Å². The normalized spacial score (nSPS) is 10.8. The maximum Gasteiger partial charge on any atom is 0.166 e. The first-order chi connectivity index (χ1) is 10.3. The Bertz CT molecular complexity index is 722. The van der Waals surface area contributed by atoms with Crippen molar-refractivity contribution >= 4 is 22.8 Å². The quantitative estimate of drug-likeness (QED) is 0.727. The van der Waals surface area contributed by atoms with Crippen LogP contribution in [-0.4, -0.2) is 24.2 Å². The van der Waals surface area contributed by atoms with Gasteiger partial charge in [-0.15, -0.1) is 0 Å². The fraction of sp³-hybridized carbons (Fsp3) is 0.188. The van der Waals surface area contributed by atoms with Crippen molar-refractivity contribution in [1.82, 2.24) is 9.97 Å². The molecule has 0 unspecified atom stereocenters. The van der Waals surface area contributed by atoms with E-state index in [1.165, 1.54) is 0 Å². The maximum absolute atomic E-state index is 5.39.